The molecule has 2 amide bonds. The van der Waals surface area contributed by atoms with Crippen molar-refractivity contribution in [1.29, 1.82) is 0 Å². The van der Waals surface area contributed by atoms with E-state index < -0.39 is 0 Å². The number of hydrogen-bond donors (Lipinski definition) is 3. The number of hydrogen-bond acceptors (Lipinski definition) is 5. The topological polar surface area (TPSA) is 87.1 Å². The summed E-state index contributed by atoms with van der Waals surface area (Å²) in [5, 5.41) is 14.3. The molecule has 3 heterocycles. The number of aromatic nitrogens is 3. The van der Waals surface area contributed by atoms with Gasteiger partial charge in [0.2, 0.25) is 0 Å². The van der Waals surface area contributed by atoms with Gasteiger partial charge in [0.05, 0.1) is 11.2 Å². The molecule has 8 nitrogen and oxygen atoms in total. The van der Waals surface area contributed by atoms with Gasteiger partial charge in [0.15, 0.2) is 0 Å². The molecule has 3 N–H and O–H groups in total. The summed E-state index contributed by atoms with van der Waals surface area (Å²) in [6.45, 7) is 7.41. The number of anilines is 1. The molecule has 2 aromatic rings. The van der Waals surface area contributed by atoms with Crippen molar-refractivity contribution in [2.75, 3.05) is 32.5 Å². The van der Waals surface area contributed by atoms with Crippen LogP contribution >= 0.6 is 11.6 Å². The fourth-order valence-electron chi connectivity index (χ4n) is 5.06. The molecule has 0 unspecified atom stereocenters. The molecule has 0 spiro atoms. The van der Waals surface area contributed by atoms with Crippen LogP contribution in [0.2, 0.25) is 5.02 Å². The number of carbonyl (C=O) groups is 1. The van der Waals surface area contributed by atoms with Crippen molar-refractivity contribution in [3.63, 3.8) is 0 Å². The molecule has 1 saturated carbocycles. The lowest BCUT2D eigenvalue weighted by atomic mass is 9.89. The number of likely N-dealkylation sites (N-methyl/N-ethyl adjacent to an activating group) is 2. The van der Waals surface area contributed by atoms with E-state index in [1.807, 2.05) is 19.3 Å². The Labute approximate surface area is 201 Å². The highest BCUT2D eigenvalue weighted by atomic mass is 35.5. The van der Waals surface area contributed by atoms with Crippen molar-refractivity contribution in [1.82, 2.24) is 30.3 Å². The van der Waals surface area contributed by atoms with E-state index in [0.717, 1.165) is 62.9 Å². The van der Waals surface area contributed by atoms with Crippen LogP contribution in [-0.2, 0) is 13.0 Å². The average molecular weight is 474 g/mol. The Balaban J connectivity index is 1.35. The maximum atomic E-state index is 12.7. The van der Waals surface area contributed by atoms with Crippen molar-refractivity contribution in [3.05, 3.63) is 29.2 Å². The standard InChI is InChI=1S/C24H36ClN7O/c1-24(2)12-21-19(13-28-32(21)15-24)18-11-22(27-14-20(18)25)30-23(33)29-16-5-7-17(8-6-16)31(4)10-9-26-3/h11,13-14,16-17,26H,5-10,12,15H2,1-4H3,(H2,27,29,30,33). The summed E-state index contributed by atoms with van der Waals surface area (Å²) in [7, 11) is 4.16. The second kappa shape index (κ2) is 9.99. The van der Waals surface area contributed by atoms with Crippen LogP contribution in [0.4, 0.5) is 10.6 Å². The van der Waals surface area contributed by atoms with Gasteiger partial charge in [-0.1, -0.05) is 25.4 Å². The van der Waals surface area contributed by atoms with E-state index in [-0.39, 0.29) is 17.5 Å². The van der Waals surface area contributed by atoms with Crippen LogP contribution in [-0.4, -0.2) is 65.0 Å². The van der Waals surface area contributed by atoms with Crippen LogP contribution < -0.4 is 16.0 Å². The van der Waals surface area contributed by atoms with E-state index in [4.69, 9.17) is 11.6 Å². The van der Waals surface area contributed by atoms with Crippen LogP contribution in [0.3, 0.4) is 0 Å². The predicted octanol–water partition coefficient (Wildman–Crippen LogP) is 3.76. The van der Waals surface area contributed by atoms with E-state index in [1.54, 1.807) is 6.20 Å². The van der Waals surface area contributed by atoms with Crippen molar-refractivity contribution in [2.24, 2.45) is 5.41 Å². The lowest BCUT2D eigenvalue weighted by Gasteiger charge is -2.34. The molecule has 0 atom stereocenters. The number of rotatable bonds is 7. The Bertz CT molecular complexity index is 981. The molecule has 1 aliphatic heterocycles. The first-order valence-corrected chi connectivity index (χ1v) is 12.3. The van der Waals surface area contributed by atoms with E-state index in [1.165, 1.54) is 5.69 Å². The minimum Gasteiger partial charge on any atom is -0.335 e. The third-order valence-electron chi connectivity index (χ3n) is 6.93. The SMILES string of the molecule is CNCCN(C)C1CCC(NC(=O)Nc2cc(-c3cnn4c3CC(C)(C)C4)c(Cl)cn2)CC1. The normalized spacial score (nSPS) is 21.8. The number of carbonyl (C=O) groups excluding carboxylic acids is 1. The van der Waals surface area contributed by atoms with Crippen LogP contribution in [0.15, 0.2) is 18.5 Å². The van der Waals surface area contributed by atoms with Crippen molar-refractivity contribution in [2.45, 2.75) is 64.6 Å². The molecule has 1 aliphatic carbocycles. The summed E-state index contributed by atoms with van der Waals surface area (Å²) in [5.41, 5.74) is 3.22. The lowest BCUT2D eigenvalue weighted by molar-refractivity contribution is 0.176. The molecular formula is C24H36ClN7O. The molecule has 0 saturated heterocycles. The maximum absolute atomic E-state index is 12.7. The first-order chi connectivity index (χ1) is 15.8. The van der Waals surface area contributed by atoms with Crippen LogP contribution in [0.5, 0.6) is 0 Å². The molecule has 2 aromatic heterocycles. The zero-order valence-corrected chi connectivity index (χ0v) is 20.9. The smallest absolute Gasteiger partial charge is 0.320 e. The van der Waals surface area contributed by atoms with Gasteiger partial charge in [0.25, 0.3) is 0 Å². The second-order valence-electron chi connectivity index (χ2n) is 10.2. The van der Waals surface area contributed by atoms with Gasteiger partial charge in [-0.3, -0.25) is 10.00 Å². The summed E-state index contributed by atoms with van der Waals surface area (Å²) in [6.07, 6.45) is 8.57. The van der Waals surface area contributed by atoms with Gasteiger partial charge in [-0.15, -0.1) is 0 Å². The van der Waals surface area contributed by atoms with Gasteiger partial charge in [-0.05, 0) is 57.7 Å². The van der Waals surface area contributed by atoms with Gasteiger partial charge < -0.3 is 15.5 Å². The molecular weight excluding hydrogens is 438 g/mol. The minimum absolute atomic E-state index is 0.180. The molecule has 0 bridgehead atoms. The van der Waals surface area contributed by atoms with Crippen LogP contribution in [0.25, 0.3) is 11.1 Å². The van der Waals surface area contributed by atoms with Gasteiger partial charge in [-0.2, -0.15) is 5.10 Å². The molecule has 180 valence electrons. The number of fused-ring (bicyclic) bond motifs is 1. The summed E-state index contributed by atoms with van der Waals surface area (Å²) < 4.78 is 2.05. The van der Waals surface area contributed by atoms with Crippen molar-refractivity contribution < 1.29 is 4.79 Å². The summed E-state index contributed by atoms with van der Waals surface area (Å²) in [6, 6.07) is 2.40. The maximum Gasteiger partial charge on any atom is 0.320 e. The quantitative estimate of drug-likeness (QED) is 0.569. The zero-order valence-electron chi connectivity index (χ0n) is 20.1. The van der Waals surface area contributed by atoms with Gasteiger partial charge >= 0.3 is 6.03 Å². The highest BCUT2D eigenvalue weighted by Gasteiger charge is 2.32. The number of urea groups is 1. The Kier molecular flexibility index (Phi) is 7.26. The minimum atomic E-state index is -0.218. The number of nitrogens with one attached hydrogen (secondary N) is 3. The molecule has 9 heteroatoms. The molecule has 0 aromatic carbocycles. The highest BCUT2D eigenvalue weighted by molar-refractivity contribution is 6.33. The fourth-order valence-corrected chi connectivity index (χ4v) is 5.26. The Morgan fingerprint density at radius 3 is 2.73 bits per heavy atom. The zero-order chi connectivity index (χ0) is 23.6. The summed E-state index contributed by atoms with van der Waals surface area (Å²) >= 11 is 6.49. The number of amides is 2. The molecule has 2 aliphatic rings. The van der Waals surface area contributed by atoms with Crippen LogP contribution in [0, 0.1) is 5.41 Å². The van der Waals surface area contributed by atoms with Gasteiger partial charge in [0.1, 0.15) is 5.82 Å². The largest absolute Gasteiger partial charge is 0.335 e. The Morgan fingerprint density at radius 2 is 2.00 bits per heavy atom. The number of nitrogens with zero attached hydrogens (tertiary/aromatic N) is 4. The number of halogens is 1. The number of pyridine rings is 1. The van der Waals surface area contributed by atoms with Crippen LogP contribution in [0.1, 0.15) is 45.2 Å². The van der Waals surface area contributed by atoms with E-state index in [2.05, 4.69) is 56.5 Å². The van der Waals surface area contributed by atoms with E-state index >= 15 is 0 Å². The molecule has 1 fully saturated rings. The highest BCUT2D eigenvalue weighted by Crippen LogP contribution is 2.39. The Morgan fingerprint density at radius 1 is 1.24 bits per heavy atom. The second-order valence-corrected chi connectivity index (χ2v) is 10.6. The summed E-state index contributed by atoms with van der Waals surface area (Å²) in [5.74, 6) is 0.490. The van der Waals surface area contributed by atoms with E-state index in [0.29, 0.717) is 16.9 Å². The third kappa shape index (κ3) is 5.67. The molecule has 0 radical (unpaired) electrons. The third-order valence-corrected chi connectivity index (χ3v) is 7.23. The van der Waals surface area contributed by atoms with Crippen molar-refractivity contribution >= 4 is 23.4 Å². The molecule has 33 heavy (non-hydrogen) atoms. The molecule has 4 rings (SSSR count). The van der Waals surface area contributed by atoms with Gasteiger partial charge in [-0.25, -0.2) is 9.78 Å². The first-order valence-electron chi connectivity index (χ1n) is 11.9. The van der Waals surface area contributed by atoms with E-state index in [9.17, 15) is 4.79 Å². The summed E-state index contributed by atoms with van der Waals surface area (Å²) in [4.78, 5) is 19.4. The average Bonchev–Trinajstić information content (AvgIpc) is 3.28. The predicted molar refractivity (Wildman–Crippen MR) is 133 cm³/mol. The fraction of sp³-hybridized carbons (Fsp3) is 0.625. The lowest BCUT2D eigenvalue weighted by Crippen LogP contribution is -2.45. The van der Waals surface area contributed by atoms with Gasteiger partial charge in [0, 0.05) is 54.7 Å². The monoisotopic (exact) mass is 473 g/mol. The first kappa shape index (κ1) is 24.0. The van der Waals surface area contributed by atoms with Crippen molar-refractivity contribution in [3.8, 4) is 11.1 Å². The Hall–Kier alpha value is -2.16.